The molecular weight excluding hydrogens is 286 g/mol. The molecule has 100 valence electrons. The largest absolute Gasteiger partial charge is 0.476 e. The third-order valence-electron chi connectivity index (χ3n) is 2.42. The minimum atomic E-state index is -1.15. The third kappa shape index (κ3) is 3.21. The Morgan fingerprint density at radius 3 is 2.79 bits per heavy atom. The maximum Gasteiger partial charge on any atom is 0.356 e. The number of hydrogen-bond donors (Lipinski definition) is 2. The van der Waals surface area contributed by atoms with Gasteiger partial charge in [0.25, 0.3) is 0 Å². The molecule has 5 nitrogen and oxygen atoms in total. The number of nitrogens with one attached hydrogen (secondary N) is 1. The minimum Gasteiger partial charge on any atom is -0.476 e. The zero-order valence-corrected chi connectivity index (χ0v) is 11.9. The molecule has 2 aromatic rings. The Bertz CT molecular complexity index is 615. The van der Waals surface area contributed by atoms with Crippen molar-refractivity contribution < 1.29 is 9.90 Å². The number of pyridine rings is 1. The number of nitrogens with zero attached hydrogens (tertiary/aromatic N) is 2. The van der Waals surface area contributed by atoms with Gasteiger partial charge >= 0.3 is 5.97 Å². The summed E-state index contributed by atoms with van der Waals surface area (Å²) < 4.78 is 0. The van der Waals surface area contributed by atoms with Gasteiger partial charge < -0.3 is 10.4 Å². The van der Waals surface area contributed by atoms with E-state index in [0.29, 0.717) is 5.82 Å². The number of rotatable bonds is 4. The van der Waals surface area contributed by atoms with Crippen LogP contribution in [0.3, 0.4) is 0 Å². The summed E-state index contributed by atoms with van der Waals surface area (Å²) in [6, 6.07) is 3.11. The van der Waals surface area contributed by atoms with Gasteiger partial charge in [-0.15, -0.1) is 11.3 Å². The fourth-order valence-corrected chi connectivity index (χ4v) is 2.52. The highest BCUT2D eigenvalue weighted by Gasteiger charge is 2.14. The average Bonchev–Trinajstić information content (AvgIpc) is 2.78. The molecule has 0 fully saturated rings. The first-order chi connectivity index (χ1) is 8.97. The standard InChI is InChI=1S/C12H12ClN3O2S/c1-6-5-19-11(14-6)7(2)15-9-4-3-8(13)10(16-9)12(17)18/h3-5,7H,1-2H3,(H,15,16)(H,17,18). The first-order valence-electron chi connectivity index (χ1n) is 5.56. The molecule has 1 atom stereocenters. The van der Waals surface area contributed by atoms with Crippen LogP contribution in [0.4, 0.5) is 5.82 Å². The SMILES string of the molecule is Cc1csc(C(C)Nc2ccc(Cl)c(C(=O)O)n2)n1. The summed E-state index contributed by atoms with van der Waals surface area (Å²) in [4.78, 5) is 19.3. The Hall–Kier alpha value is -1.66. The molecule has 0 aliphatic heterocycles. The predicted octanol–water partition coefficient (Wildman–Crippen LogP) is 3.37. The van der Waals surface area contributed by atoms with Crippen LogP contribution in [-0.4, -0.2) is 21.0 Å². The van der Waals surface area contributed by atoms with Gasteiger partial charge in [-0.05, 0) is 26.0 Å². The number of aryl methyl sites for hydroxylation is 1. The molecule has 0 aliphatic carbocycles. The van der Waals surface area contributed by atoms with E-state index < -0.39 is 5.97 Å². The van der Waals surface area contributed by atoms with Crippen LogP contribution in [0.15, 0.2) is 17.5 Å². The molecule has 0 spiro atoms. The molecule has 0 bridgehead atoms. The topological polar surface area (TPSA) is 75.1 Å². The number of thiazole rings is 1. The zero-order valence-electron chi connectivity index (χ0n) is 10.3. The molecule has 7 heteroatoms. The fourth-order valence-electron chi connectivity index (χ4n) is 1.53. The van der Waals surface area contributed by atoms with Crippen molar-refractivity contribution in [1.82, 2.24) is 9.97 Å². The Kier molecular flexibility index (Phi) is 4.01. The van der Waals surface area contributed by atoms with E-state index in [1.54, 1.807) is 17.4 Å². The normalized spacial score (nSPS) is 12.2. The quantitative estimate of drug-likeness (QED) is 0.905. The maximum atomic E-state index is 10.9. The summed E-state index contributed by atoms with van der Waals surface area (Å²) in [5, 5.41) is 15.1. The van der Waals surface area contributed by atoms with Gasteiger partial charge in [0.1, 0.15) is 10.8 Å². The number of aromatic carboxylic acids is 1. The molecule has 0 amide bonds. The zero-order chi connectivity index (χ0) is 14.0. The van der Waals surface area contributed by atoms with E-state index in [1.807, 2.05) is 19.2 Å². The second-order valence-electron chi connectivity index (χ2n) is 4.03. The van der Waals surface area contributed by atoms with Gasteiger partial charge in [-0.25, -0.2) is 14.8 Å². The number of halogens is 1. The molecule has 2 N–H and O–H groups in total. The van der Waals surface area contributed by atoms with Gasteiger partial charge in [0.05, 0.1) is 11.1 Å². The van der Waals surface area contributed by atoms with Crippen LogP contribution in [-0.2, 0) is 0 Å². The minimum absolute atomic E-state index is 0.0472. The molecular formula is C12H12ClN3O2S. The highest BCUT2D eigenvalue weighted by molar-refractivity contribution is 7.09. The number of carbonyl (C=O) groups is 1. The van der Waals surface area contributed by atoms with Gasteiger partial charge in [0.15, 0.2) is 5.69 Å². The van der Waals surface area contributed by atoms with Gasteiger partial charge in [0.2, 0.25) is 0 Å². The summed E-state index contributed by atoms with van der Waals surface area (Å²) in [6.07, 6.45) is 0. The summed E-state index contributed by atoms with van der Waals surface area (Å²) in [5.41, 5.74) is 0.804. The molecule has 0 radical (unpaired) electrons. The highest BCUT2D eigenvalue weighted by Crippen LogP contribution is 2.23. The number of anilines is 1. The van der Waals surface area contributed by atoms with E-state index >= 15 is 0 Å². The highest BCUT2D eigenvalue weighted by atomic mass is 35.5. The second kappa shape index (κ2) is 5.54. The molecule has 0 aliphatic rings. The van der Waals surface area contributed by atoms with Crippen molar-refractivity contribution in [3.63, 3.8) is 0 Å². The van der Waals surface area contributed by atoms with Crippen LogP contribution in [0.2, 0.25) is 5.02 Å². The van der Waals surface area contributed by atoms with E-state index in [9.17, 15) is 4.79 Å². The van der Waals surface area contributed by atoms with Crippen molar-refractivity contribution in [3.05, 3.63) is 38.9 Å². The lowest BCUT2D eigenvalue weighted by atomic mass is 10.3. The van der Waals surface area contributed by atoms with Crippen LogP contribution < -0.4 is 5.32 Å². The monoisotopic (exact) mass is 297 g/mol. The van der Waals surface area contributed by atoms with Gasteiger partial charge in [0, 0.05) is 11.1 Å². The average molecular weight is 298 g/mol. The van der Waals surface area contributed by atoms with Crippen LogP contribution >= 0.6 is 22.9 Å². The predicted molar refractivity (Wildman–Crippen MR) is 75.1 cm³/mol. The first-order valence-corrected chi connectivity index (χ1v) is 6.81. The molecule has 2 heterocycles. The smallest absolute Gasteiger partial charge is 0.356 e. The summed E-state index contributed by atoms with van der Waals surface area (Å²) in [7, 11) is 0. The maximum absolute atomic E-state index is 10.9. The molecule has 1 unspecified atom stereocenters. The van der Waals surface area contributed by atoms with E-state index in [4.69, 9.17) is 16.7 Å². The molecule has 2 rings (SSSR count). The van der Waals surface area contributed by atoms with Crippen molar-refractivity contribution in [2.75, 3.05) is 5.32 Å². The lowest BCUT2D eigenvalue weighted by molar-refractivity contribution is 0.0691. The number of hydrogen-bond acceptors (Lipinski definition) is 5. The van der Waals surface area contributed by atoms with Crippen molar-refractivity contribution in [2.24, 2.45) is 0 Å². The number of aromatic nitrogens is 2. The van der Waals surface area contributed by atoms with Crippen molar-refractivity contribution in [1.29, 1.82) is 0 Å². The first kappa shape index (κ1) is 13.8. The Morgan fingerprint density at radius 1 is 1.47 bits per heavy atom. The fraction of sp³-hybridized carbons (Fsp3) is 0.250. The molecule has 19 heavy (non-hydrogen) atoms. The van der Waals surface area contributed by atoms with Crippen molar-refractivity contribution in [2.45, 2.75) is 19.9 Å². The Labute approximate surface area is 119 Å². The molecule has 2 aromatic heterocycles. The third-order valence-corrected chi connectivity index (χ3v) is 3.87. The van der Waals surface area contributed by atoms with E-state index in [-0.39, 0.29) is 16.8 Å². The van der Waals surface area contributed by atoms with Gasteiger partial charge in [-0.3, -0.25) is 0 Å². The summed E-state index contributed by atoms with van der Waals surface area (Å²) >= 11 is 7.31. The van der Waals surface area contributed by atoms with Gasteiger partial charge in [-0.2, -0.15) is 0 Å². The number of carboxylic acids is 1. The van der Waals surface area contributed by atoms with Crippen molar-refractivity contribution >= 4 is 34.7 Å². The lowest BCUT2D eigenvalue weighted by Gasteiger charge is -2.12. The summed E-state index contributed by atoms with van der Waals surface area (Å²) in [6.45, 7) is 3.87. The van der Waals surface area contributed by atoms with Crippen LogP contribution in [0.5, 0.6) is 0 Å². The van der Waals surface area contributed by atoms with Crippen molar-refractivity contribution in [3.8, 4) is 0 Å². The second-order valence-corrected chi connectivity index (χ2v) is 5.32. The van der Waals surface area contributed by atoms with Gasteiger partial charge in [-0.1, -0.05) is 11.6 Å². The van der Waals surface area contributed by atoms with E-state index in [1.165, 1.54) is 6.07 Å². The lowest BCUT2D eigenvalue weighted by Crippen LogP contribution is -2.10. The van der Waals surface area contributed by atoms with E-state index in [0.717, 1.165) is 10.7 Å². The molecule has 0 saturated carbocycles. The van der Waals surface area contributed by atoms with E-state index in [2.05, 4.69) is 15.3 Å². The summed E-state index contributed by atoms with van der Waals surface area (Å²) in [5.74, 6) is -0.687. The molecule has 0 saturated heterocycles. The Balaban J connectivity index is 2.19. The molecule has 0 aromatic carbocycles. The number of carboxylic acid groups (broad SMARTS) is 1. The Morgan fingerprint density at radius 2 is 2.21 bits per heavy atom. The van der Waals surface area contributed by atoms with Crippen LogP contribution in [0, 0.1) is 6.92 Å². The van der Waals surface area contributed by atoms with Crippen LogP contribution in [0.25, 0.3) is 0 Å². The van der Waals surface area contributed by atoms with Crippen LogP contribution in [0.1, 0.15) is 34.2 Å².